The molecular weight excluding hydrogens is 306 g/mol. The topological polar surface area (TPSA) is 60.6 Å². The summed E-state index contributed by atoms with van der Waals surface area (Å²) in [4.78, 5) is 6.71. The molecule has 0 amide bonds. The number of nitrogens with zero attached hydrogens (tertiary/aromatic N) is 3. The lowest BCUT2D eigenvalue weighted by Gasteiger charge is -2.37. The molecule has 0 bridgehead atoms. The minimum atomic E-state index is 0.0717. The van der Waals surface area contributed by atoms with E-state index in [2.05, 4.69) is 54.0 Å². The third-order valence-electron chi connectivity index (χ3n) is 4.47. The van der Waals surface area contributed by atoms with Gasteiger partial charge in [-0.2, -0.15) is 4.98 Å². The number of rotatable bonds is 5. The second-order valence-electron chi connectivity index (χ2n) is 6.50. The highest BCUT2D eigenvalue weighted by atomic mass is 16.5. The molecule has 3 rings (SSSR count). The zero-order valence-electron chi connectivity index (χ0n) is 14.8. The van der Waals surface area contributed by atoms with Crippen molar-refractivity contribution >= 4 is 0 Å². The zero-order chi connectivity index (χ0) is 17.1. The number of ether oxygens (including phenoxy) is 2. The summed E-state index contributed by atoms with van der Waals surface area (Å²) < 4.78 is 16.5. The van der Waals surface area contributed by atoms with E-state index in [0.717, 1.165) is 6.54 Å². The normalized spacial score (nSPS) is 22.0. The number of hydrogen-bond acceptors (Lipinski definition) is 6. The summed E-state index contributed by atoms with van der Waals surface area (Å²) in [5.74, 6) is 1.20. The molecule has 1 aliphatic rings. The van der Waals surface area contributed by atoms with Crippen LogP contribution in [-0.2, 0) is 22.6 Å². The standard InChI is InChI=1S/C18H25N3O3/c1-12-5-6-13(2)15(7-12)16-8-21(14(3)10-23-16)9-18-19-17(11-22-4)20-24-18/h5-7,14,16H,8-11H2,1-4H3/t14-,16-/m0/s1. The van der Waals surface area contributed by atoms with Gasteiger partial charge >= 0.3 is 0 Å². The van der Waals surface area contributed by atoms with Gasteiger partial charge in [0.1, 0.15) is 6.61 Å². The van der Waals surface area contributed by atoms with E-state index in [0.29, 0.717) is 37.5 Å². The third kappa shape index (κ3) is 3.83. The molecule has 0 spiro atoms. The maximum Gasteiger partial charge on any atom is 0.240 e. The van der Waals surface area contributed by atoms with Crippen LogP contribution < -0.4 is 0 Å². The molecule has 6 heteroatoms. The van der Waals surface area contributed by atoms with Gasteiger partial charge in [-0.25, -0.2) is 0 Å². The number of aromatic nitrogens is 2. The third-order valence-corrected chi connectivity index (χ3v) is 4.47. The summed E-state index contributed by atoms with van der Waals surface area (Å²) in [6, 6.07) is 6.82. The number of hydrogen-bond donors (Lipinski definition) is 0. The Bertz CT molecular complexity index is 686. The van der Waals surface area contributed by atoms with Crippen LogP contribution in [0.3, 0.4) is 0 Å². The van der Waals surface area contributed by atoms with Gasteiger partial charge in [0, 0.05) is 19.7 Å². The first-order valence-electron chi connectivity index (χ1n) is 8.30. The SMILES string of the molecule is COCc1noc(CN2C[C@@H](c3cc(C)ccc3C)OC[C@@H]2C)n1. The van der Waals surface area contributed by atoms with Crippen LogP contribution in [0.5, 0.6) is 0 Å². The predicted molar refractivity (Wildman–Crippen MR) is 89.5 cm³/mol. The molecule has 0 aliphatic carbocycles. The van der Waals surface area contributed by atoms with Crippen molar-refractivity contribution in [2.45, 2.75) is 46.1 Å². The van der Waals surface area contributed by atoms with Crippen molar-refractivity contribution in [1.82, 2.24) is 15.0 Å². The van der Waals surface area contributed by atoms with Gasteiger partial charge in [-0.05, 0) is 31.9 Å². The quantitative estimate of drug-likeness (QED) is 0.839. The summed E-state index contributed by atoms with van der Waals surface area (Å²) in [5.41, 5.74) is 3.78. The fourth-order valence-corrected chi connectivity index (χ4v) is 3.04. The maximum atomic E-state index is 6.10. The van der Waals surface area contributed by atoms with Gasteiger partial charge in [0.2, 0.25) is 5.89 Å². The summed E-state index contributed by atoms with van der Waals surface area (Å²) in [7, 11) is 1.62. The van der Waals surface area contributed by atoms with Gasteiger partial charge in [0.25, 0.3) is 0 Å². The van der Waals surface area contributed by atoms with E-state index >= 15 is 0 Å². The Kier molecular flexibility index (Phi) is 5.28. The fourth-order valence-electron chi connectivity index (χ4n) is 3.04. The van der Waals surface area contributed by atoms with Crippen molar-refractivity contribution in [2.75, 3.05) is 20.3 Å². The fraction of sp³-hybridized carbons (Fsp3) is 0.556. The van der Waals surface area contributed by atoms with Crippen LogP contribution in [0.2, 0.25) is 0 Å². The minimum Gasteiger partial charge on any atom is -0.377 e. The largest absolute Gasteiger partial charge is 0.377 e. The summed E-state index contributed by atoms with van der Waals surface area (Å²) >= 11 is 0. The summed E-state index contributed by atoms with van der Waals surface area (Å²) in [6.07, 6.45) is 0.0717. The van der Waals surface area contributed by atoms with Gasteiger partial charge in [-0.1, -0.05) is 28.9 Å². The van der Waals surface area contributed by atoms with Crippen molar-refractivity contribution < 1.29 is 14.0 Å². The molecule has 0 radical (unpaired) electrons. The van der Waals surface area contributed by atoms with E-state index in [-0.39, 0.29) is 6.10 Å². The molecule has 130 valence electrons. The highest BCUT2D eigenvalue weighted by Crippen LogP contribution is 2.28. The molecule has 0 unspecified atom stereocenters. The number of methoxy groups -OCH3 is 1. The van der Waals surface area contributed by atoms with Crippen LogP contribution in [0.1, 0.15) is 41.4 Å². The average Bonchev–Trinajstić information content (AvgIpc) is 2.99. The predicted octanol–water partition coefficient (Wildman–Crippen LogP) is 2.79. The first-order valence-corrected chi connectivity index (χ1v) is 8.30. The summed E-state index contributed by atoms with van der Waals surface area (Å²) in [5, 5.41) is 3.93. The van der Waals surface area contributed by atoms with Gasteiger partial charge in [-0.3, -0.25) is 4.90 Å². The van der Waals surface area contributed by atoms with Crippen molar-refractivity contribution in [3.05, 3.63) is 46.6 Å². The highest BCUT2D eigenvalue weighted by molar-refractivity contribution is 5.32. The van der Waals surface area contributed by atoms with Gasteiger partial charge in [0.15, 0.2) is 5.82 Å². The lowest BCUT2D eigenvalue weighted by Crippen LogP contribution is -2.44. The molecule has 2 aromatic rings. The second kappa shape index (κ2) is 7.42. The second-order valence-corrected chi connectivity index (χ2v) is 6.50. The molecule has 6 nitrogen and oxygen atoms in total. The molecule has 0 saturated carbocycles. The van der Waals surface area contributed by atoms with Crippen molar-refractivity contribution in [3.63, 3.8) is 0 Å². The first kappa shape index (κ1) is 17.1. The molecule has 1 fully saturated rings. The number of morpholine rings is 1. The Morgan fingerprint density at radius 3 is 2.96 bits per heavy atom. The van der Waals surface area contributed by atoms with Crippen LogP contribution in [0.4, 0.5) is 0 Å². The highest BCUT2D eigenvalue weighted by Gasteiger charge is 2.29. The van der Waals surface area contributed by atoms with Crippen LogP contribution in [0, 0.1) is 13.8 Å². The van der Waals surface area contributed by atoms with Crippen LogP contribution in [-0.4, -0.2) is 41.3 Å². The molecule has 1 saturated heterocycles. The van der Waals surface area contributed by atoms with E-state index in [4.69, 9.17) is 14.0 Å². The Morgan fingerprint density at radius 2 is 2.17 bits per heavy atom. The number of benzene rings is 1. The van der Waals surface area contributed by atoms with E-state index < -0.39 is 0 Å². The summed E-state index contributed by atoms with van der Waals surface area (Å²) in [6.45, 7) is 8.91. The van der Waals surface area contributed by atoms with E-state index in [9.17, 15) is 0 Å². The van der Waals surface area contributed by atoms with Crippen LogP contribution in [0.25, 0.3) is 0 Å². The molecule has 1 aromatic heterocycles. The van der Waals surface area contributed by atoms with Crippen LogP contribution >= 0.6 is 0 Å². The smallest absolute Gasteiger partial charge is 0.240 e. The minimum absolute atomic E-state index is 0.0717. The molecule has 2 heterocycles. The van der Waals surface area contributed by atoms with E-state index in [1.807, 2.05) is 0 Å². The molecule has 1 aliphatic heterocycles. The van der Waals surface area contributed by atoms with E-state index in [1.165, 1.54) is 16.7 Å². The molecule has 0 N–H and O–H groups in total. The van der Waals surface area contributed by atoms with Gasteiger partial charge in [-0.15, -0.1) is 0 Å². The maximum absolute atomic E-state index is 6.10. The first-order chi connectivity index (χ1) is 11.6. The molecule has 1 aromatic carbocycles. The van der Waals surface area contributed by atoms with Gasteiger partial charge in [0.05, 0.1) is 19.3 Å². The Hall–Kier alpha value is -1.76. The molecule has 2 atom stereocenters. The monoisotopic (exact) mass is 331 g/mol. The Morgan fingerprint density at radius 1 is 1.33 bits per heavy atom. The van der Waals surface area contributed by atoms with Crippen molar-refractivity contribution in [2.24, 2.45) is 0 Å². The van der Waals surface area contributed by atoms with Gasteiger partial charge < -0.3 is 14.0 Å². The lowest BCUT2D eigenvalue weighted by molar-refractivity contribution is -0.0662. The zero-order valence-corrected chi connectivity index (χ0v) is 14.8. The van der Waals surface area contributed by atoms with Crippen molar-refractivity contribution in [1.29, 1.82) is 0 Å². The Labute approximate surface area is 142 Å². The average molecular weight is 331 g/mol. The number of aryl methyl sites for hydroxylation is 2. The van der Waals surface area contributed by atoms with E-state index in [1.54, 1.807) is 7.11 Å². The Balaban J connectivity index is 1.72. The molecule has 24 heavy (non-hydrogen) atoms. The lowest BCUT2D eigenvalue weighted by atomic mass is 9.99. The van der Waals surface area contributed by atoms with Crippen molar-refractivity contribution in [3.8, 4) is 0 Å². The van der Waals surface area contributed by atoms with Crippen LogP contribution in [0.15, 0.2) is 22.7 Å². The molecular formula is C18H25N3O3.